The average Bonchev–Trinajstić information content (AvgIpc) is 3.08. The molecule has 1 aromatic carbocycles. The fourth-order valence-corrected chi connectivity index (χ4v) is 3.39. The summed E-state index contributed by atoms with van der Waals surface area (Å²) in [5, 5.41) is 14.8. The van der Waals surface area contributed by atoms with Gasteiger partial charge in [0.25, 0.3) is 0 Å². The van der Waals surface area contributed by atoms with E-state index in [1.54, 1.807) is 53.6 Å². The summed E-state index contributed by atoms with van der Waals surface area (Å²) in [4.78, 5) is 48.0. The van der Waals surface area contributed by atoms with E-state index in [0.29, 0.717) is 49.5 Å². The highest BCUT2D eigenvalue weighted by molar-refractivity contribution is 5.95. The van der Waals surface area contributed by atoms with Gasteiger partial charge < -0.3 is 20.2 Å². The number of aromatic nitrogens is 2. The molecule has 3 amide bonds. The van der Waals surface area contributed by atoms with Gasteiger partial charge in [0.2, 0.25) is 0 Å². The molecule has 2 heterocycles. The molecule has 0 unspecified atom stereocenters. The van der Waals surface area contributed by atoms with Crippen LogP contribution < -0.4 is 10.2 Å². The van der Waals surface area contributed by atoms with Crippen LogP contribution in [0.3, 0.4) is 0 Å². The van der Waals surface area contributed by atoms with Crippen molar-refractivity contribution in [3.8, 4) is 5.75 Å². The van der Waals surface area contributed by atoms with Gasteiger partial charge in [-0.1, -0.05) is 18.2 Å². The lowest BCUT2D eigenvalue weighted by molar-refractivity contribution is -0.114. The zero-order chi connectivity index (χ0) is 23.8. The Morgan fingerprint density at radius 2 is 1.97 bits per heavy atom. The Morgan fingerprint density at radius 3 is 2.73 bits per heavy atom. The van der Waals surface area contributed by atoms with Crippen LogP contribution in [-0.4, -0.2) is 58.1 Å². The van der Waals surface area contributed by atoms with Gasteiger partial charge in [-0.15, -0.1) is 4.91 Å². The number of aromatic hydroxyl groups is 1. The van der Waals surface area contributed by atoms with Crippen LogP contribution in [0, 0.1) is 4.91 Å². The SMILES string of the molecule is C\C=C/C=C\C(NC(=O)N1CCCN(c2cnc3cc(O)ccc3n2)CC1)=C(/C)C(=O)N=O. The number of carbonyl (C=O) groups excluding carboxylic acids is 2. The van der Waals surface area contributed by atoms with Crippen molar-refractivity contribution in [2.75, 3.05) is 31.1 Å². The number of nitrogens with one attached hydrogen (secondary N) is 1. The standard InChI is InChI=1S/C23H26N6O4/c1-3-4-5-7-18(16(2)22(31)27-33)26-23(32)29-11-6-10-28(12-13-29)21-15-24-20-14-17(30)8-9-19(20)25-21/h3-5,7-9,14-15,30H,6,10-13H2,1-2H3,(H,26,32)/b4-3-,7-5-,18-16-. The number of anilines is 1. The van der Waals surface area contributed by atoms with E-state index < -0.39 is 5.91 Å². The van der Waals surface area contributed by atoms with Gasteiger partial charge in [0, 0.05) is 43.0 Å². The number of allylic oxidation sites excluding steroid dienone is 4. The van der Waals surface area contributed by atoms with E-state index >= 15 is 0 Å². The molecule has 2 N–H and O–H groups in total. The molecule has 0 radical (unpaired) electrons. The molecule has 0 aliphatic carbocycles. The zero-order valence-electron chi connectivity index (χ0n) is 18.6. The van der Waals surface area contributed by atoms with Crippen molar-refractivity contribution in [3.63, 3.8) is 0 Å². The number of rotatable bonds is 5. The van der Waals surface area contributed by atoms with Crippen LogP contribution in [0.1, 0.15) is 20.3 Å². The normalized spacial score (nSPS) is 15.6. The number of nitroso groups, excluding NO2 is 1. The highest BCUT2D eigenvalue weighted by Gasteiger charge is 2.22. The van der Waals surface area contributed by atoms with Crippen molar-refractivity contribution in [3.05, 3.63) is 64.9 Å². The lowest BCUT2D eigenvalue weighted by Crippen LogP contribution is -2.42. The Hall–Kier alpha value is -4.08. The fraction of sp³-hybridized carbons (Fsp3) is 0.304. The number of phenolic OH excluding ortho intramolecular Hbond substituents is 1. The second-order valence-corrected chi connectivity index (χ2v) is 7.48. The van der Waals surface area contributed by atoms with Gasteiger partial charge in [0.15, 0.2) is 0 Å². The van der Waals surface area contributed by atoms with E-state index in [-0.39, 0.29) is 23.1 Å². The fourth-order valence-electron chi connectivity index (χ4n) is 3.39. The molecule has 1 fully saturated rings. The predicted octanol–water partition coefficient (Wildman–Crippen LogP) is 3.26. The molecule has 172 valence electrons. The molecule has 0 bridgehead atoms. The van der Waals surface area contributed by atoms with E-state index in [1.807, 2.05) is 6.92 Å². The van der Waals surface area contributed by atoms with Gasteiger partial charge >= 0.3 is 11.9 Å². The highest BCUT2D eigenvalue weighted by atomic mass is 16.3. The Morgan fingerprint density at radius 1 is 1.15 bits per heavy atom. The molecule has 1 aliphatic rings. The number of carbonyl (C=O) groups is 2. The first kappa shape index (κ1) is 23.6. The van der Waals surface area contributed by atoms with Crippen molar-refractivity contribution < 1.29 is 14.7 Å². The lowest BCUT2D eigenvalue weighted by atomic mass is 10.2. The van der Waals surface area contributed by atoms with E-state index in [4.69, 9.17) is 0 Å². The largest absolute Gasteiger partial charge is 0.508 e. The number of urea groups is 1. The van der Waals surface area contributed by atoms with Gasteiger partial charge in [-0.3, -0.25) is 9.78 Å². The molecule has 2 aromatic rings. The summed E-state index contributed by atoms with van der Waals surface area (Å²) >= 11 is 0. The Kier molecular flexibility index (Phi) is 7.85. The van der Waals surface area contributed by atoms with Crippen LogP contribution in [0.4, 0.5) is 10.6 Å². The summed E-state index contributed by atoms with van der Waals surface area (Å²) in [6.45, 7) is 5.48. The van der Waals surface area contributed by atoms with Crippen molar-refractivity contribution in [2.45, 2.75) is 20.3 Å². The maximum atomic E-state index is 12.9. The van der Waals surface area contributed by atoms with Crippen molar-refractivity contribution in [2.24, 2.45) is 5.18 Å². The van der Waals surface area contributed by atoms with E-state index in [9.17, 15) is 19.6 Å². The Balaban J connectivity index is 1.71. The minimum absolute atomic E-state index is 0.0630. The molecular formula is C23H26N6O4. The molecule has 1 aliphatic heterocycles. The van der Waals surface area contributed by atoms with Crippen LogP contribution in [0.5, 0.6) is 5.75 Å². The molecule has 33 heavy (non-hydrogen) atoms. The summed E-state index contributed by atoms with van der Waals surface area (Å²) in [5.41, 5.74) is 1.57. The summed E-state index contributed by atoms with van der Waals surface area (Å²) in [6, 6.07) is 4.47. The quantitative estimate of drug-likeness (QED) is 0.406. The topological polar surface area (TPSA) is 128 Å². The highest BCUT2D eigenvalue weighted by Crippen LogP contribution is 2.20. The van der Waals surface area contributed by atoms with Gasteiger partial charge in [-0.25, -0.2) is 9.78 Å². The zero-order valence-corrected chi connectivity index (χ0v) is 18.6. The van der Waals surface area contributed by atoms with E-state index in [2.05, 4.69) is 25.4 Å². The summed E-state index contributed by atoms with van der Waals surface area (Å²) in [7, 11) is 0. The third kappa shape index (κ3) is 6.00. The average molecular weight is 450 g/mol. The van der Waals surface area contributed by atoms with Crippen LogP contribution in [0.15, 0.2) is 65.1 Å². The van der Waals surface area contributed by atoms with Gasteiger partial charge in [0.05, 0.1) is 22.9 Å². The second kappa shape index (κ2) is 11.0. The van der Waals surface area contributed by atoms with Crippen molar-refractivity contribution in [1.29, 1.82) is 0 Å². The molecule has 0 atom stereocenters. The molecular weight excluding hydrogens is 424 g/mol. The Labute approximate surface area is 191 Å². The molecule has 1 aromatic heterocycles. The first-order chi connectivity index (χ1) is 15.9. The summed E-state index contributed by atoms with van der Waals surface area (Å²) in [6.07, 6.45) is 9.14. The molecule has 3 rings (SSSR count). The molecule has 10 nitrogen and oxygen atoms in total. The number of hydrogen-bond donors (Lipinski definition) is 2. The monoisotopic (exact) mass is 450 g/mol. The predicted molar refractivity (Wildman–Crippen MR) is 126 cm³/mol. The number of hydrogen-bond acceptors (Lipinski definition) is 7. The lowest BCUT2D eigenvalue weighted by Gasteiger charge is -2.23. The van der Waals surface area contributed by atoms with Crippen molar-refractivity contribution in [1.82, 2.24) is 20.2 Å². The molecule has 0 spiro atoms. The van der Waals surface area contributed by atoms with Crippen LogP contribution >= 0.6 is 0 Å². The summed E-state index contributed by atoms with van der Waals surface area (Å²) < 4.78 is 0. The van der Waals surface area contributed by atoms with Crippen molar-refractivity contribution >= 4 is 28.8 Å². The van der Waals surface area contributed by atoms with Crippen LogP contribution in [-0.2, 0) is 4.79 Å². The molecule has 1 saturated heterocycles. The maximum Gasteiger partial charge on any atom is 0.321 e. The number of phenols is 1. The first-order valence-corrected chi connectivity index (χ1v) is 10.6. The third-order valence-electron chi connectivity index (χ3n) is 5.24. The van der Waals surface area contributed by atoms with Crippen LogP contribution in [0.2, 0.25) is 0 Å². The van der Waals surface area contributed by atoms with E-state index in [0.717, 1.165) is 0 Å². The number of benzene rings is 1. The number of nitrogens with zero attached hydrogens (tertiary/aromatic N) is 5. The number of amides is 3. The third-order valence-corrected chi connectivity index (χ3v) is 5.24. The number of fused-ring (bicyclic) bond motifs is 1. The maximum absolute atomic E-state index is 12.9. The van der Waals surface area contributed by atoms with Crippen LogP contribution in [0.25, 0.3) is 11.0 Å². The second-order valence-electron chi connectivity index (χ2n) is 7.48. The Bertz CT molecular complexity index is 1140. The van der Waals surface area contributed by atoms with Gasteiger partial charge in [-0.2, -0.15) is 0 Å². The van der Waals surface area contributed by atoms with Gasteiger partial charge in [0.1, 0.15) is 11.6 Å². The van der Waals surface area contributed by atoms with E-state index in [1.165, 1.54) is 6.92 Å². The minimum atomic E-state index is -0.930. The van der Waals surface area contributed by atoms with Gasteiger partial charge in [-0.05, 0) is 38.5 Å². The summed E-state index contributed by atoms with van der Waals surface area (Å²) in [5.74, 6) is -0.0969. The minimum Gasteiger partial charge on any atom is -0.508 e. The molecule has 10 heteroatoms. The molecule has 0 saturated carbocycles. The smallest absolute Gasteiger partial charge is 0.321 e. The first-order valence-electron chi connectivity index (χ1n) is 10.6.